The molecule has 3 N–H and O–H groups in total. The van der Waals surface area contributed by atoms with E-state index in [1.165, 1.54) is 30.6 Å². The standard InChI is InChI=1S/C24H19F5N4O2S/c1-13-6-7-14-17(32-13)4-2-5-18(14)33-21(15-8-9-16(25)20(34)19(15)26)23(35,24(27,28)29)12-36-22-30-10-3-11-31-22/h2-11,21,33-35H,12H2,1H3. The van der Waals surface area contributed by atoms with E-state index in [0.717, 1.165) is 6.07 Å². The van der Waals surface area contributed by atoms with Crippen molar-refractivity contribution in [1.29, 1.82) is 0 Å². The van der Waals surface area contributed by atoms with Gasteiger partial charge in [0.15, 0.2) is 28.1 Å². The van der Waals surface area contributed by atoms with Gasteiger partial charge in [-0.05, 0) is 43.3 Å². The number of phenols is 1. The summed E-state index contributed by atoms with van der Waals surface area (Å²) in [4.78, 5) is 12.0. The molecule has 0 radical (unpaired) electrons. The predicted molar refractivity (Wildman–Crippen MR) is 125 cm³/mol. The average Bonchev–Trinajstić information content (AvgIpc) is 2.84. The van der Waals surface area contributed by atoms with Crippen LogP contribution in [-0.4, -0.2) is 42.7 Å². The third-order valence-corrected chi connectivity index (χ3v) is 6.56. The second kappa shape index (κ2) is 9.86. The third-order valence-electron chi connectivity index (χ3n) is 5.51. The van der Waals surface area contributed by atoms with E-state index in [-0.39, 0.29) is 10.8 Å². The molecule has 12 heteroatoms. The van der Waals surface area contributed by atoms with Gasteiger partial charge in [-0.3, -0.25) is 4.98 Å². The molecule has 188 valence electrons. The first kappa shape index (κ1) is 25.6. The molecule has 2 aromatic heterocycles. The largest absolute Gasteiger partial charge is 0.503 e. The fourth-order valence-electron chi connectivity index (χ4n) is 3.64. The summed E-state index contributed by atoms with van der Waals surface area (Å²) in [5, 5.41) is 23.9. The second-order valence-electron chi connectivity index (χ2n) is 7.94. The minimum absolute atomic E-state index is 0.0498. The van der Waals surface area contributed by atoms with Gasteiger partial charge in [0, 0.05) is 40.5 Å². The van der Waals surface area contributed by atoms with Gasteiger partial charge in [0.1, 0.15) is 0 Å². The van der Waals surface area contributed by atoms with Crippen LogP contribution in [-0.2, 0) is 0 Å². The average molecular weight is 522 g/mol. The lowest BCUT2D eigenvalue weighted by atomic mass is 9.88. The summed E-state index contributed by atoms with van der Waals surface area (Å²) in [5.41, 5.74) is -3.19. The molecule has 0 aliphatic carbocycles. The highest BCUT2D eigenvalue weighted by Crippen LogP contribution is 2.46. The summed E-state index contributed by atoms with van der Waals surface area (Å²) in [6.07, 6.45) is -2.66. The Morgan fingerprint density at radius 3 is 2.42 bits per heavy atom. The molecule has 0 saturated heterocycles. The van der Waals surface area contributed by atoms with Gasteiger partial charge in [-0.15, -0.1) is 0 Å². The van der Waals surface area contributed by atoms with E-state index in [2.05, 4.69) is 20.3 Å². The molecule has 0 spiro atoms. The summed E-state index contributed by atoms with van der Waals surface area (Å²) < 4.78 is 72.3. The first-order chi connectivity index (χ1) is 17.0. The number of hydrogen-bond donors (Lipinski definition) is 3. The Hall–Kier alpha value is -3.51. The van der Waals surface area contributed by atoms with E-state index in [4.69, 9.17) is 0 Å². The minimum atomic E-state index is -5.30. The van der Waals surface area contributed by atoms with E-state index in [9.17, 15) is 27.8 Å². The molecular formula is C24H19F5N4O2S. The van der Waals surface area contributed by atoms with Gasteiger partial charge in [0.25, 0.3) is 0 Å². The van der Waals surface area contributed by atoms with Crippen LogP contribution in [0, 0.1) is 18.6 Å². The van der Waals surface area contributed by atoms with Gasteiger partial charge < -0.3 is 15.5 Å². The number of benzene rings is 2. The summed E-state index contributed by atoms with van der Waals surface area (Å²) in [7, 11) is 0. The lowest BCUT2D eigenvalue weighted by Gasteiger charge is -2.38. The number of thioether (sulfide) groups is 1. The van der Waals surface area contributed by atoms with Crippen molar-refractivity contribution in [3.63, 3.8) is 0 Å². The molecule has 4 rings (SSSR count). The Kier molecular flexibility index (Phi) is 7.01. The zero-order valence-electron chi connectivity index (χ0n) is 18.6. The normalized spacial score (nSPS) is 14.4. The van der Waals surface area contributed by atoms with Crippen LogP contribution < -0.4 is 5.32 Å². The van der Waals surface area contributed by atoms with Crippen LogP contribution in [0.25, 0.3) is 10.9 Å². The molecule has 0 saturated carbocycles. The number of aliphatic hydroxyl groups is 1. The highest BCUT2D eigenvalue weighted by molar-refractivity contribution is 7.99. The topological polar surface area (TPSA) is 91.2 Å². The monoisotopic (exact) mass is 522 g/mol. The Labute approximate surface area is 206 Å². The number of phenolic OH excluding ortho intramolecular Hbond substituents is 1. The van der Waals surface area contributed by atoms with E-state index in [1.54, 1.807) is 25.1 Å². The molecule has 2 atom stereocenters. The molecule has 6 nitrogen and oxygen atoms in total. The molecule has 2 unspecified atom stereocenters. The number of fused-ring (bicyclic) bond motifs is 1. The minimum Gasteiger partial charge on any atom is -0.503 e. The van der Waals surface area contributed by atoms with Crippen LogP contribution in [0.15, 0.2) is 66.1 Å². The number of aryl methyl sites for hydroxylation is 1. The number of aromatic hydroxyl groups is 1. The molecule has 2 aromatic carbocycles. The zero-order valence-corrected chi connectivity index (χ0v) is 19.4. The lowest BCUT2D eigenvalue weighted by molar-refractivity contribution is -0.256. The van der Waals surface area contributed by atoms with Crippen LogP contribution in [0.3, 0.4) is 0 Å². The molecule has 4 aromatic rings. The van der Waals surface area contributed by atoms with Crippen molar-refractivity contribution in [2.75, 3.05) is 11.1 Å². The van der Waals surface area contributed by atoms with Crippen molar-refractivity contribution < 1.29 is 32.2 Å². The quantitative estimate of drug-likeness (QED) is 0.166. The molecular weight excluding hydrogens is 503 g/mol. The smallest absolute Gasteiger partial charge is 0.420 e. The number of anilines is 1. The number of nitrogens with zero attached hydrogens (tertiary/aromatic N) is 3. The van der Waals surface area contributed by atoms with Crippen LogP contribution in [0.2, 0.25) is 0 Å². The second-order valence-corrected chi connectivity index (χ2v) is 8.89. The summed E-state index contributed by atoms with van der Waals surface area (Å²) >= 11 is 0.503. The Morgan fingerprint density at radius 1 is 1.00 bits per heavy atom. The SMILES string of the molecule is Cc1ccc2c(NC(c3ccc(F)c(O)c3F)C(O)(CSc3ncccn3)C(F)(F)F)cccc2n1. The first-order valence-corrected chi connectivity index (χ1v) is 11.5. The van der Waals surface area contributed by atoms with E-state index < -0.39 is 46.5 Å². The molecule has 0 fully saturated rings. The number of aromatic nitrogens is 3. The lowest BCUT2D eigenvalue weighted by Crippen LogP contribution is -2.55. The van der Waals surface area contributed by atoms with Crippen molar-refractivity contribution in [3.8, 4) is 5.75 Å². The zero-order chi connectivity index (χ0) is 26.1. The fraction of sp³-hybridized carbons (Fsp3) is 0.208. The van der Waals surface area contributed by atoms with Crippen molar-refractivity contribution in [1.82, 2.24) is 15.0 Å². The summed E-state index contributed by atoms with van der Waals surface area (Å²) in [5.74, 6) is -5.50. The van der Waals surface area contributed by atoms with Crippen LogP contribution in [0.1, 0.15) is 17.3 Å². The van der Waals surface area contributed by atoms with Gasteiger partial charge in [-0.25, -0.2) is 18.7 Å². The van der Waals surface area contributed by atoms with Gasteiger partial charge in [0.2, 0.25) is 0 Å². The molecule has 0 amide bonds. The number of rotatable bonds is 7. The highest BCUT2D eigenvalue weighted by Gasteiger charge is 2.60. The summed E-state index contributed by atoms with van der Waals surface area (Å²) in [6, 6.07) is 8.51. The molecule has 36 heavy (non-hydrogen) atoms. The maximum atomic E-state index is 15.0. The molecule has 2 heterocycles. The Bertz CT molecular complexity index is 1390. The van der Waals surface area contributed by atoms with Crippen LogP contribution in [0.4, 0.5) is 27.6 Å². The number of pyridine rings is 1. The first-order valence-electron chi connectivity index (χ1n) is 10.5. The van der Waals surface area contributed by atoms with Gasteiger partial charge in [-0.2, -0.15) is 13.2 Å². The third kappa shape index (κ3) is 4.91. The Morgan fingerprint density at radius 2 is 1.72 bits per heavy atom. The van der Waals surface area contributed by atoms with Crippen molar-refractivity contribution in [3.05, 3.63) is 83.8 Å². The maximum Gasteiger partial charge on any atom is 0.420 e. The number of halogens is 5. The van der Waals surface area contributed by atoms with Gasteiger partial charge >= 0.3 is 6.18 Å². The van der Waals surface area contributed by atoms with Gasteiger partial charge in [-0.1, -0.05) is 23.9 Å². The highest BCUT2D eigenvalue weighted by atomic mass is 32.2. The van der Waals surface area contributed by atoms with Crippen molar-refractivity contribution in [2.24, 2.45) is 0 Å². The van der Waals surface area contributed by atoms with Crippen molar-refractivity contribution in [2.45, 2.75) is 29.9 Å². The van der Waals surface area contributed by atoms with Gasteiger partial charge in [0.05, 0.1) is 11.6 Å². The molecule has 0 aliphatic heterocycles. The Balaban J connectivity index is 1.87. The van der Waals surface area contributed by atoms with E-state index >= 15 is 4.39 Å². The summed E-state index contributed by atoms with van der Waals surface area (Å²) in [6.45, 7) is 1.74. The van der Waals surface area contributed by atoms with E-state index in [0.29, 0.717) is 34.4 Å². The molecule has 0 aliphatic rings. The number of hydrogen-bond acceptors (Lipinski definition) is 7. The van der Waals surface area contributed by atoms with E-state index in [1.807, 2.05) is 0 Å². The van der Waals surface area contributed by atoms with Crippen LogP contribution >= 0.6 is 11.8 Å². The predicted octanol–water partition coefficient (Wildman–Crippen LogP) is 5.56. The number of alkyl halides is 3. The fourth-order valence-corrected chi connectivity index (χ4v) is 4.59. The van der Waals surface area contributed by atoms with Crippen molar-refractivity contribution >= 4 is 28.4 Å². The molecule has 0 bridgehead atoms. The number of nitrogens with one attached hydrogen (secondary N) is 1. The van der Waals surface area contributed by atoms with Crippen LogP contribution in [0.5, 0.6) is 5.75 Å². The maximum absolute atomic E-state index is 15.0.